The molecule has 21 heavy (non-hydrogen) atoms. The van der Waals surface area contributed by atoms with E-state index in [2.05, 4.69) is 10.0 Å². The predicted octanol–water partition coefficient (Wildman–Crippen LogP) is 0.0284. The van der Waals surface area contributed by atoms with Crippen molar-refractivity contribution >= 4 is 33.7 Å². The van der Waals surface area contributed by atoms with Crippen molar-refractivity contribution in [1.82, 2.24) is 10.0 Å². The number of thioether (sulfide) groups is 1. The van der Waals surface area contributed by atoms with Crippen molar-refractivity contribution in [2.45, 2.75) is 32.2 Å². The molecule has 0 spiro atoms. The summed E-state index contributed by atoms with van der Waals surface area (Å²) in [5.41, 5.74) is -0.858. The molecule has 7 nitrogen and oxygen atoms in total. The van der Waals surface area contributed by atoms with Crippen LogP contribution in [0.15, 0.2) is 0 Å². The van der Waals surface area contributed by atoms with Gasteiger partial charge in [-0.2, -0.15) is 11.8 Å². The lowest BCUT2D eigenvalue weighted by molar-refractivity contribution is -0.143. The molecule has 1 amide bonds. The number of sulfonamides is 1. The van der Waals surface area contributed by atoms with Gasteiger partial charge in [0.15, 0.2) is 0 Å². The minimum atomic E-state index is -3.49. The molecule has 1 aliphatic rings. The Morgan fingerprint density at radius 3 is 2.43 bits per heavy atom. The molecule has 0 radical (unpaired) electrons. The number of aliphatic carboxylic acids is 1. The zero-order valence-electron chi connectivity index (χ0n) is 12.2. The van der Waals surface area contributed by atoms with Gasteiger partial charge in [0.1, 0.15) is 6.04 Å². The second-order valence-electron chi connectivity index (χ2n) is 5.16. The average molecular weight is 338 g/mol. The molecule has 0 aliphatic heterocycles. The monoisotopic (exact) mass is 338 g/mol. The molecule has 1 atom stereocenters. The molecule has 1 unspecified atom stereocenters. The molecule has 122 valence electrons. The molecular formula is C12H22N2O5S2. The van der Waals surface area contributed by atoms with Crippen LogP contribution in [0.2, 0.25) is 0 Å². The van der Waals surface area contributed by atoms with E-state index in [4.69, 9.17) is 5.11 Å². The van der Waals surface area contributed by atoms with Crippen LogP contribution in [0.3, 0.4) is 0 Å². The van der Waals surface area contributed by atoms with Crippen LogP contribution in [0.25, 0.3) is 0 Å². The molecular weight excluding hydrogens is 316 g/mol. The molecule has 0 aromatic rings. The van der Waals surface area contributed by atoms with Crippen LogP contribution < -0.4 is 10.0 Å². The molecule has 3 N–H and O–H groups in total. The summed E-state index contributed by atoms with van der Waals surface area (Å²) in [4.78, 5) is 23.1. The Kier molecular flexibility index (Phi) is 6.48. The fraction of sp³-hybridized carbons (Fsp3) is 0.833. The van der Waals surface area contributed by atoms with Crippen molar-refractivity contribution < 1.29 is 23.1 Å². The molecule has 1 aliphatic carbocycles. The van der Waals surface area contributed by atoms with Crippen LogP contribution in [-0.2, 0) is 19.6 Å². The van der Waals surface area contributed by atoms with Crippen molar-refractivity contribution in [3.63, 3.8) is 0 Å². The first-order valence-electron chi connectivity index (χ1n) is 6.76. The van der Waals surface area contributed by atoms with Gasteiger partial charge in [0.25, 0.3) is 0 Å². The van der Waals surface area contributed by atoms with E-state index in [0.29, 0.717) is 25.0 Å². The predicted molar refractivity (Wildman–Crippen MR) is 81.7 cm³/mol. The van der Waals surface area contributed by atoms with Gasteiger partial charge in [0.05, 0.1) is 11.2 Å². The quantitative estimate of drug-likeness (QED) is 0.518. The first-order chi connectivity index (χ1) is 9.76. The first kappa shape index (κ1) is 18.2. The van der Waals surface area contributed by atoms with E-state index in [1.54, 1.807) is 0 Å². The Hall–Kier alpha value is -0.800. The van der Waals surface area contributed by atoms with Gasteiger partial charge in [-0.1, -0.05) is 0 Å². The van der Waals surface area contributed by atoms with Crippen LogP contribution in [-0.4, -0.2) is 55.7 Å². The van der Waals surface area contributed by atoms with Crippen LogP contribution in [0.5, 0.6) is 0 Å². The van der Waals surface area contributed by atoms with Gasteiger partial charge in [-0.15, -0.1) is 0 Å². The molecule has 0 saturated heterocycles. The standard InChI is InChI=1S/C12H22N2O5S2/c1-3-21(18,19)14-9(4-7-20-2)10(15)13-8-12(5-6-12)11(16)17/h9,14H,3-8H2,1-2H3,(H,13,15)(H,16,17). The average Bonchev–Trinajstić information content (AvgIpc) is 3.22. The van der Waals surface area contributed by atoms with Crippen molar-refractivity contribution in [3.05, 3.63) is 0 Å². The zero-order valence-corrected chi connectivity index (χ0v) is 13.8. The summed E-state index contributed by atoms with van der Waals surface area (Å²) < 4.78 is 25.6. The number of hydrogen-bond acceptors (Lipinski definition) is 5. The number of rotatable bonds is 10. The minimum Gasteiger partial charge on any atom is -0.481 e. The molecule has 1 rings (SSSR count). The lowest BCUT2D eigenvalue weighted by Gasteiger charge is -2.19. The van der Waals surface area contributed by atoms with E-state index in [1.807, 2.05) is 6.26 Å². The minimum absolute atomic E-state index is 0.0464. The van der Waals surface area contributed by atoms with Crippen molar-refractivity contribution in [1.29, 1.82) is 0 Å². The third-order valence-corrected chi connectivity index (χ3v) is 5.58. The summed E-state index contributed by atoms with van der Waals surface area (Å²) in [5, 5.41) is 11.6. The molecule has 1 saturated carbocycles. The maximum Gasteiger partial charge on any atom is 0.311 e. The van der Waals surface area contributed by atoms with Crippen LogP contribution in [0.4, 0.5) is 0 Å². The van der Waals surface area contributed by atoms with Gasteiger partial charge in [-0.05, 0) is 38.2 Å². The highest BCUT2D eigenvalue weighted by atomic mass is 32.2. The SMILES string of the molecule is CCS(=O)(=O)NC(CCSC)C(=O)NCC1(C(=O)O)CC1. The Morgan fingerprint density at radius 1 is 1.38 bits per heavy atom. The molecule has 9 heteroatoms. The van der Waals surface area contributed by atoms with Gasteiger partial charge in [-0.25, -0.2) is 13.1 Å². The topological polar surface area (TPSA) is 113 Å². The number of carboxylic acids is 1. The van der Waals surface area contributed by atoms with Crippen LogP contribution in [0.1, 0.15) is 26.2 Å². The number of carboxylic acid groups (broad SMARTS) is 1. The van der Waals surface area contributed by atoms with Gasteiger partial charge in [0.2, 0.25) is 15.9 Å². The fourth-order valence-electron chi connectivity index (χ4n) is 1.78. The molecule has 1 fully saturated rings. The normalized spacial score (nSPS) is 18.0. The van der Waals surface area contributed by atoms with Crippen LogP contribution >= 0.6 is 11.8 Å². The molecule has 0 aromatic heterocycles. The molecule has 0 aromatic carbocycles. The highest BCUT2D eigenvalue weighted by Gasteiger charge is 2.50. The van der Waals surface area contributed by atoms with E-state index in [-0.39, 0.29) is 12.3 Å². The highest BCUT2D eigenvalue weighted by Crippen LogP contribution is 2.45. The lowest BCUT2D eigenvalue weighted by Crippen LogP contribution is -2.49. The summed E-state index contributed by atoms with van der Waals surface area (Å²) in [5.74, 6) is -0.852. The van der Waals surface area contributed by atoms with Crippen molar-refractivity contribution in [3.8, 4) is 0 Å². The third-order valence-electron chi connectivity index (χ3n) is 3.54. The highest BCUT2D eigenvalue weighted by molar-refractivity contribution is 7.98. The van der Waals surface area contributed by atoms with E-state index < -0.39 is 33.4 Å². The number of hydrogen-bond donors (Lipinski definition) is 3. The Bertz CT molecular complexity index is 488. The van der Waals surface area contributed by atoms with Gasteiger partial charge >= 0.3 is 5.97 Å². The largest absolute Gasteiger partial charge is 0.481 e. The summed E-state index contributed by atoms with van der Waals surface area (Å²) >= 11 is 1.51. The summed E-state index contributed by atoms with van der Waals surface area (Å²) in [6.07, 6.45) is 3.32. The first-order valence-corrected chi connectivity index (χ1v) is 9.81. The van der Waals surface area contributed by atoms with Gasteiger partial charge in [0, 0.05) is 6.54 Å². The second kappa shape index (κ2) is 7.46. The van der Waals surface area contributed by atoms with Crippen molar-refractivity contribution in [2.24, 2.45) is 5.41 Å². The maximum atomic E-state index is 12.1. The molecule has 0 heterocycles. The zero-order chi connectivity index (χ0) is 16.1. The van der Waals surface area contributed by atoms with E-state index in [9.17, 15) is 18.0 Å². The van der Waals surface area contributed by atoms with E-state index in [1.165, 1.54) is 18.7 Å². The summed E-state index contributed by atoms with van der Waals surface area (Å²) in [6.45, 7) is 1.54. The fourth-order valence-corrected chi connectivity index (χ4v) is 3.07. The second-order valence-corrected chi connectivity index (χ2v) is 8.19. The number of amides is 1. The smallest absolute Gasteiger partial charge is 0.311 e. The lowest BCUT2D eigenvalue weighted by atomic mass is 10.1. The third kappa shape index (κ3) is 5.48. The Morgan fingerprint density at radius 2 is 2.00 bits per heavy atom. The van der Waals surface area contributed by atoms with Gasteiger partial charge < -0.3 is 10.4 Å². The van der Waals surface area contributed by atoms with Gasteiger partial charge in [-0.3, -0.25) is 9.59 Å². The molecule has 0 bridgehead atoms. The van der Waals surface area contributed by atoms with Crippen molar-refractivity contribution in [2.75, 3.05) is 24.3 Å². The van der Waals surface area contributed by atoms with Crippen LogP contribution in [0, 0.1) is 5.41 Å². The van der Waals surface area contributed by atoms with E-state index in [0.717, 1.165) is 0 Å². The number of carbonyl (C=O) groups excluding carboxylic acids is 1. The maximum absolute atomic E-state index is 12.1. The number of nitrogens with one attached hydrogen (secondary N) is 2. The van der Waals surface area contributed by atoms with E-state index >= 15 is 0 Å². The summed E-state index contributed by atoms with van der Waals surface area (Å²) in [7, 11) is -3.49. The summed E-state index contributed by atoms with van der Waals surface area (Å²) in [6, 6.07) is -0.855. The Balaban J connectivity index is 2.61. The number of carbonyl (C=O) groups is 2. The Labute approximate surface area is 129 Å².